The van der Waals surface area contributed by atoms with E-state index in [0.717, 1.165) is 49.2 Å². The van der Waals surface area contributed by atoms with E-state index in [2.05, 4.69) is 266 Å². The lowest BCUT2D eigenvalue weighted by Gasteiger charge is -2.38. The molecule has 10 aromatic carbocycles. The molecule has 0 fully saturated rings. The molecule has 7 nitrogen and oxygen atoms in total. The molecule has 0 radical (unpaired) electrons. The van der Waals surface area contributed by atoms with E-state index in [1.165, 1.54) is 54.0 Å². The smallest absolute Gasteiger partial charge is 0.340 e. The van der Waals surface area contributed by atoms with Gasteiger partial charge in [-0.3, -0.25) is 9.13 Å². The molecule has 0 saturated heterocycles. The molecule has 8 heteroatoms. The Labute approximate surface area is 408 Å². The van der Waals surface area contributed by atoms with Gasteiger partial charge in [-0.25, -0.2) is 0 Å². The Morgan fingerprint density at radius 2 is 0.549 bits per heavy atom. The molecule has 0 aliphatic carbocycles. The van der Waals surface area contributed by atoms with Crippen molar-refractivity contribution < 1.29 is 0 Å². The van der Waals surface area contributed by atoms with Crippen molar-refractivity contribution >= 4 is 106 Å². The highest BCUT2D eigenvalue weighted by atomic mass is 28.3. The van der Waals surface area contributed by atoms with Gasteiger partial charge >= 0.3 is 8.40 Å². The standard InChI is InChI=1S/C63H41N7Si/c1-2-22-43(23-3-1)71(69-57-37-16-8-29-49(57)50-30-9-17-38-58(50)69,70-59-39-18-10-31-51(59)52-32-11-19-40-60(52)70)44-24-20-21-42(41-44)61-64-62(67-53-33-12-4-25-45(53)46-26-5-13-34-54(46)67)66-63(65-61)68-55-35-14-6-27-47(55)48-28-7-15-36-56(48)68/h1-41H. The quantitative estimate of drug-likeness (QED) is 0.150. The van der Waals surface area contributed by atoms with Crippen molar-refractivity contribution in [3.05, 3.63) is 249 Å². The van der Waals surface area contributed by atoms with Gasteiger partial charge in [0.15, 0.2) is 5.82 Å². The second-order valence-electron chi connectivity index (χ2n) is 18.4. The third kappa shape index (κ3) is 5.62. The van der Waals surface area contributed by atoms with Crippen LogP contribution in [0, 0.1) is 0 Å². The second-order valence-corrected chi connectivity index (χ2v) is 21.8. The molecule has 0 aliphatic rings. The van der Waals surface area contributed by atoms with Crippen molar-refractivity contribution in [3.8, 4) is 23.3 Å². The summed E-state index contributed by atoms with van der Waals surface area (Å²) in [4.78, 5) is 16.6. The first-order chi connectivity index (χ1) is 35.3. The summed E-state index contributed by atoms with van der Waals surface area (Å²) in [6.07, 6.45) is 0. The van der Waals surface area contributed by atoms with E-state index in [0.29, 0.717) is 17.7 Å². The number of para-hydroxylation sites is 8. The zero-order valence-electron chi connectivity index (χ0n) is 38.3. The average Bonchev–Trinajstić information content (AvgIpc) is 4.18. The Hall–Kier alpha value is -9.37. The Morgan fingerprint density at radius 1 is 0.254 bits per heavy atom. The van der Waals surface area contributed by atoms with Gasteiger partial charge in [0, 0.05) is 70.7 Å². The number of hydrogen-bond acceptors (Lipinski definition) is 3. The summed E-state index contributed by atoms with van der Waals surface area (Å²) in [6.45, 7) is 0. The maximum atomic E-state index is 5.57. The molecule has 0 unspecified atom stereocenters. The van der Waals surface area contributed by atoms with E-state index in [-0.39, 0.29) is 0 Å². The first-order valence-electron chi connectivity index (χ1n) is 24.1. The largest absolute Gasteiger partial charge is 0.342 e. The van der Waals surface area contributed by atoms with E-state index in [4.69, 9.17) is 15.0 Å². The van der Waals surface area contributed by atoms with Crippen molar-refractivity contribution in [2.24, 2.45) is 0 Å². The zero-order valence-corrected chi connectivity index (χ0v) is 39.3. The third-order valence-corrected chi connectivity index (χ3v) is 19.2. The fraction of sp³-hybridized carbons (Fsp3) is 0. The molecule has 0 spiro atoms. The fourth-order valence-corrected chi connectivity index (χ4v) is 16.9. The van der Waals surface area contributed by atoms with E-state index >= 15 is 0 Å². The van der Waals surface area contributed by atoms with Crippen LogP contribution in [0.2, 0.25) is 0 Å². The summed E-state index contributed by atoms with van der Waals surface area (Å²) >= 11 is 0. The normalized spacial score (nSPS) is 12.2. The van der Waals surface area contributed by atoms with Crippen LogP contribution < -0.4 is 10.4 Å². The number of rotatable bonds is 7. The first-order valence-corrected chi connectivity index (χ1v) is 26.0. The Bertz CT molecular complexity index is 4160. The average molecular weight is 924 g/mol. The van der Waals surface area contributed by atoms with E-state index in [1.54, 1.807) is 0 Å². The van der Waals surface area contributed by atoms with Gasteiger partial charge in [0.25, 0.3) is 0 Å². The highest BCUT2D eigenvalue weighted by Gasteiger charge is 2.47. The number of fused-ring (bicyclic) bond motifs is 12. The Kier molecular flexibility index (Phi) is 8.54. The van der Waals surface area contributed by atoms with Crippen LogP contribution in [0.1, 0.15) is 0 Å². The summed E-state index contributed by atoms with van der Waals surface area (Å²) in [7, 11) is -3.54. The summed E-state index contributed by atoms with van der Waals surface area (Å²) in [6, 6.07) is 90.2. The topological polar surface area (TPSA) is 58.4 Å². The van der Waals surface area contributed by atoms with Gasteiger partial charge < -0.3 is 8.47 Å². The third-order valence-electron chi connectivity index (χ3n) is 14.7. The molecule has 0 bridgehead atoms. The van der Waals surface area contributed by atoms with Gasteiger partial charge in [0.05, 0.1) is 22.1 Å². The van der Waals surface area contributed by atoms with Crippen LogP contribution in [0.15, 0.2) is 249 Å². The minimum atomic E-state index is -3.54. The molecule has 15 aromatic rings. The van der Waals surface area contributed by atoms with Crippen LogP contribution in [0.5, 0.6) is 0 Å². The van der Waals surface area contributed by atoms with Crippen molar-refractivity contribution in [2.45, 2.75) is 0 Å². The van der Waals surface area contributed by atoms with E-state index in [1.807, 2.05) is 0 Å². The SMILES string of the molecule is c1ccc([Si](c2cccc(-c3nc(-n4c5ccccc5c5ccccc54)nc(-n4c5ccccc5c5ccccc54)n3)c2)(n2c3ccccc3c3ccccc32)n2c3ccccc3c3ccccc32)cc1. The molecule has 5 heterocycles. The van der Waals surface area contributed by atoms with Crippen LogP contribution in [-0.2, 0) is 0 Å². The van der Waals surface area contributed by atoms with Crippen molar-refractivity contribution in [3.63, 3.8) is 0 Å². The van der Waals surface area contributed by atoms with Gasteiger partial charge in [-0.2, -0.15) is 15.0 Å². The van der Waals surface area contributed by atoms with Gasteiger partial charge in [0.1, 0.15) is 0 Å². The lowest BCUT2D eigenvalue weighted by Crippen LogP contribution is -2.69. The fourth-order valence-electron chi connectivity index (χ4n) is 11.8. The summed E-state index contributed by atoms with van der Waals surface area (Å²) in [5.41, 5.74) is 9.73. The van der Waals surface area contributed by atoms with Gasteiger partial charge in [0.2, 0.25) is 11.9 Å². The van der Waals surface area contributed by atoms with Gasteiger partial charge in [-0.05, 0) is 65.0 Å². The molecule has 71 heavy (non-hydrogen) atoms. The minimum absolute atomic E-state index is 0.547. The van der Waals surface area contributed by atoms with Crippen molar-refractivity contribution in [1.82, 2.24) is 32.6 Å². The van der Waals surface area contributed by atoms with Gasteiger partial charge in [-0.15, -0.1) is 0 Å². The molecule has 15 rings (SSSR count). The lowest BCUT2D eigenvalue weighted by molar-refractivity contribution is 0.893. The van der Waals surface area contributed by atoms with Gasteiger partial charge in [-0.1, -0.05) is 194 Å². The number of benzene rings is 10. The molecule has 0 saturated carbocycles. The molecular weight excluding hydrogens is 883 g/mol. The molecule has 0 N–H and O–H groups in total. The summed E-state index contributed by atoms with van der Waals surface area (Å²) in [5, 5.41) is 11.9. The summed E-state index contributed by atoms with van der Waals surface area (Å²) < 4.78 is 9.84. The van der Waals surface area contributed by atoms with Crippen LogP contribution in [0.25, 0.3) is 111 Å². The van der Waals surface area contributed by atoms with Crippen LogP contribution in [-0.4, -0.2) is 40.9 Å². The van der Waals surface area contributed by atoms with E-state index < -0.39 is 8.40 Å². The van der Waals surface area contributed by atoms with Crippen LogP contribution in [0.3, 0.4) is 0 Å². The molecule has 5 aromatic heterocycles. The van der Waals surface area contributed by atoms with Crippen LogP contribution >= 0.6 is 0 Å². The highest BCUT2D eigenvalue weighted by molar-refractivity contribution is 7.02. The summed E-state index contributed by atoms with van der Waals surface area (Å²) in [5.74, 6) is 1.67. The highest BCUT2D eigenvalue weighted by Crippen LogP contribution is 2.39. The minimum Gasteiger partial charge on any atom is -0.342 e. The monoisotopic (exact) mass is 923 g/mol. The number of aromatic nitrogens is 7. The maximum Gasteiger partial charge on any atom is 0.340 e. The Morgan fingerprint density at radius 3 is 0.915 bits per heavy atom. The second kappa shape index (κ2) is 15.3. The first kappa shape index (κ1) is 39.6. The van der Waals surface area contributed by atoms with E-state index in [9.17, 15) is 0 Å². The van der Waals surface area contributed by atoms with Crippen molar-refractivity contribution in [2.75, 3.05) is 0 Å². The number of hydrogen-bond donors (Lipinski definition) is 0. The molecule has 332 valence electrons. The predicted octanol–water partition coefficient (Wildman–Crippen LogP) is 13.6. The van der Waals surface area contributed by atoms with Crippen LogP contribution in [0.4, 0.5) is 0 Å². The molecule has 0 amide bonds. The predicted molar refractivity (Wildman–Crippen MR) is 295 cm³/mol. The molecular formula is C63H41N7Si. The lowest BCUT2D eigenvalue weighted by atomic mass is 10.2. The molecule has 0 atom stereocenters. The Balaban J connectivity index is 1.09. The van der Waals surface area contributed by atoms with Crippen molar-refractivity contribution in [1.29, 1.82) is 0 Å². The maximum absolute atomic E-state index is 5.57. The number of nitrogens with zero attached hydrogens (tertiary/aromatic N) is 7. The zero-order chi connectivity index (χ0) is 46.6. The molecule has 0 aliphatic heterocycles.